The highest BCUT2D eigenvalue weighted by Gasteiger charge is 2.29. The molecule has 2 rings (SSSR count). The zero-order valence-corrected chi connectivity index (χ0v) is 11.4. The Morgan fingerprint density at radius 1 is 1.24 bits per heavy atom. The van der Waals surface area contributed by atoms with E-state index >= 15 is 0 Å². The van der Waals surface area contributed by atoms with Gasteiger partial charge in [0.1, 0.15) is 5.78 Å². The largest absolute Gasteiger partial charge is 0.299 e. The summed E-state index contributed by atoms with van der Waals surface area (Å²) in [5.41, 5.74) is 1.42. The Balaban J connectivity index is 1.85. The zero-order valence-electron chi connectivity index (χ0n) is 11.4. The Bertz CT molecular complexity index is 303. The molecular formula is C16H26O. The van der Waals surface area contributed by atoms with Gasteiger partial charge in [-0.15, -0.1) is 0 Å². The monoisotopic (exact) mass is 234 g/mol. The summed E-state index contributed by atoms with van der Waals surface area (Å²) >= 11 is 0. The normalized spacial score (nSPS) is 34.2. The SMILES string of the molecule is CC1CCC(C(=O)CC2=CCCCC2)CC1C. The van der Waals surface area contributed by atoms with Crippen LogP contribution < -0.4 is 0 Å². The van der Waals surface area contributed by atoms with Gasteiger partial charge in [-0.25, -0.2) is 0 Å². The summed E-state index contributed by atoms with van der Waals surface area (Å²) in [7, 11) is 0. The van der Waals surface area contributed by atoms with Gasteiger partial charge in [-0.1, -0.05) is 25.5 Å². The summed E-state index contributed by atoms with van der Waals surface area (Å²) in [6.45, 7) is 4.64. The van der Waals surface area contributed by atoms with E-state index in [1.165, 1.54) is 37.7 Å². The van der Waals surface area contributed by atoms with Crippen molar-refractivity contribution >= 4 is 5.78 Å². The molecule has 0 amide bonds. The topological polar surface area (TPSA) is 17.1 Å². The molecule has 0 aliphatic heterocycles. The molecule has 0 saturated heterocycles. The maximum Gasteiger partial charge on any atom is 0.140 e. The van der Waals surface area contributed by atoms with Crippen molar-refractivity contribution in [1.82, 2.24) is 0 Å². The van der Waals surface area contributed by atoms with E-state index in [1.807, 2.05) is 0 Å². The van der Waals surface area contributed by atoms with E-state index < -0.39 is 0 Å². The fraction of sp³-hybridized carbons (Fsp3) is 0.812. The molecule has 3 atom stereocenters. The first-order valence-electron chi connectivity index (χ1n) is 7.37. The minimum Gasteiger partial charge on any atom is -0.299 e. The summed E-state index contributed by atoms with van der Waals surface area (Å²) in [5.74, 6) is 2.44. The third-order valence-electron chi connectivity index (χ3n) is 4.84. The van der Waals surface area contributed by atoms with Crippen molar-refractivity contribution in [2.45, 2.75) is 65.2 Å². The average Bonchev–Trinajstić information content (AvgIpc) is 2.34. The molecule has 1 saturated carbocycles. The van der Waals surface area contributed by atoms with Gasteiger partial charge in [0, 0.05) is 12.3 Å². The third-order valence-corrected chi connectivity index (χ3v) is 4.84. The molecule has 0 N–H and O–H groups in total. The molecule has 1 nitrogen and oxygen atoms in total. The molecule has 0 spiro atoms. The molecule has 2 aliphatic carbocycles. The summed E-state index contributed by atoms with van der Waals surface area (Å²) in [5, 5.41) is 0. The van der Waals surface area contributed by atoms with E-state index in [1.54, 1.807) is 0 Å². The molecule has 0 aromatic rings. The summed E-state index contributed by atoms with van der Waals surface area (Å²) in [6.07, 6.45) is 11.6. The van der Waals surface area contributed by atoms with Gasteiger partial charge in [0.05, 0.1) is 0 Å². The fourth-order valence-electron chi connectivity index (χ4n) is 3.27. The van der Waals surface area contributed by atoms with Crippen molar-refractivity contribution in [3.8, 4) is 0 Å². The van der Waals surface area contributed by atoms with Crippen LogP contribution in [0.2, 0.25) is 0 Å². The maximum absolute atomic E-state index is 12.3. The van der Waals surface area contributed by atoms with Crippen LogP contribution in [0.4, 0.5) is 0 Å². The second-order valence-electron chi connectivity index (χ2n) is 6.22. The van der Waals surface area contributed by atoms with Crippen LogP contribution in [-0.2, 0) is 4.79 Å². The number of allylic oxidation sites excluding steroid dienone is 2. The third kappa shape index (κ3) is 3.43. The van der Waals surface area contributed by atoms with Crippen molar-refractivity contribution in [1.29, 1.82) is 0 Å². The van der Waals surface area contributed by atoms with Gasteiger partial charge in [-0.3, -0.25) is 4.79 Å². The Labute approximate surface area is 106 Å². The molecule has 1 heteroatoms. The van der Waals surface area contributed by atoms with E-state index in [9.17, 15) is 4.79 Å². The predicted molar refractivity (Wildman–Crippen MR) is 71.8 cm³/mol. The molecule has 3 unspecified atom stereocenters. The second kappa shape index (κ2) is 5.84. The Morgan fingerprint density at radius 2 is 2.06 bits per heavy atom. The molecule has 0 radical (unpaired) electrons. The molecule has 0 aromatic carbocycles. The van der Waals surface area contributed by atoms with Crippen molar-refractivity contribution in [2.75, 3.05) is 0 Å². The second-order valence-corrected chi connectivity index (χ2v) is 6.22. The molecule has 0 aromatic heterocycles. The van der Waals surface area contributed by atoms with E-state index in [-0.39, 0.29) is 0 Å². The Hall–Kier alpha value is -0.590. The van der Waals surface area contributed by atoms with Gasteiger partial charge in [-0.05, 0) is 56.8 Å². The molecule has 1 fully saturated rings. The molecule has 2 aliphatic rings. The van der Waals surface area contributed by atoms with Crippen LogP contribution in [0.25, 0.3) is 0 Å². The van der Waals surface area contributed by atoms with Gasteiger partial charge < -0.3 is 0 Å². The molecular weight excluding hydrogens is 208 g/mol. The van der Waals surface area contributed by atoms with Crippen molar-refractivity contribution in [2.24, 2.45) is 17.8 Å². The van der Waals surface area contributed by atoms with E-state index in [2.05, 4.69) is 19.9 Å². The number of ketones is 1. The van der Waals surface area contributed by atoms with Gasteiger partial charge in [0.15, 0.2) is 0 Å². The van der Waals surface area contributed by atoms with Gasteiger partial charge in [0.25, 0.3) is 0 Å². The minimum absolute atomic E-state index is 0.365. The highest BCUT2D eigenvalue weighted by Crippen LogP contribution is 2.35. The van der Waals surface area contributed by atoms with Crippen LogP contribution in [0, 0.1) is 17.8 Å². The summed E-state index contributed by atoms with van der Waals surface area (Å²) in [4.78, 5) is 12.3. The Morgan fingerprint density at radius 3 is 2.71 bits per heavy atom. The number of carbonyl (C=O) groups is 1. The minimum atomic E-state index is 0.365. The van der Waals surface area contributed by atoms with Crippen molar-refractivity contribution in [3.05, 3.63) is 11.6 Å². The number of hydrogen-bond acceptors (Lipinski definition) is 1. The molecule has 17 heavy (non-hydrogen) atoms. The van der Waals surface area contributed by atoms with Crippen LogP contribution >= 0.6 is 0 Å². The fourth-order valence-corrected chi connectivity index (χ4v) is 3.27. The smallest absolute Gasteiger partial charge is 0.140 e. The van der Waals surface area contributed by atoms with Crippen LogP contribution in [-0.4, -0.2) is 5.78 Å². The van der Waals surface area contributed by atoms with Gasteiger partial charge in [-0.2, -0.15) is 0 Å². The zero-order chi connectivity index (χ0) is 12.3. The van der Waals surface area contributed by atoms with E-state index in [0.717, 1.165) is 31.1 Å². The Kier molecular flexibility index (Phi) is 4.42. The quantitative estimate of drug-likeness (QED) is 0.656. The van der Waals surface area contributed by atoms with Gasteiger partial charge in [0.2, 0.25) is 0 Å². The van der Waals surface area contributed by atoms with E-state index in [4.69, 9.17) is 0 Å². The van der Waals surface area contributed by atoms with Crippen LogP contribution in [0.5, 0.6) is 0 Å². The highest BCUT2D eigenvalue weighted by atomic mass is 16.1. The number of rotatable bonds is 3. The number of hydrogen-bond donors (Lipinski definition) is 0. The van der Waals surface area contributed by atoms with Crippen molar-refractivity contribution in [3.63, 3.8) is 0 Å². The van der Waals surface area contributed by atoms with Crippen LogP contribution in [0.15, 0.2) is 11.6 Å². The maximum atomic E-state index is 12.3. The summed E-state index contributed by atoms with van der Waals surface area (Å²) < 4.78 is 0. The van der Waals surface area contributed by atoms with Gasteiger partial charge >= 0.3 is 0 Å². The summed E-state index contributed by atoms with van der Waals surface area (Å²) in [6, 6.07) is 0. The van der Waals surface area contributed by atoms with Crippen molar-refractivity contribution < 1.29 is 4.79 Å². The first kappa shape index (κ1) is 12.9. The lowest BCUT2D eigenvalue weighted by molar-refractivity contribution is -0.124. The standard InChI is InChI=1S/C16H26O/c1-12-8-9-15(10-13(12)2)16(17)11-14-6-4-3-5-7-14/h6,12-13,15H,3-5,7-11H2,1-2H3. The first-order chi connectivity index (χ1) is 8.16. The van der Waals surface area contributed by atoms with E-state index in [0.29, 0.717) is 11.7 Å². The number of carbonyl (C=O) groups excluding carboxylic acids is 1. The first-order valence-corrected chi connectivity index (χ1v) is 7.37. The average molecular weight is 234 g/mol. The van der Waals surface area contributed by atoms with Crippen LogP contribution in [0.1, 0.15) is 65.2 Å². The molecule has 0 bridgehead atoms. The lowest BCUT2D eigenvalue weighted by Crippen LogP contribution is -2.26. The van der Waals surface area contributed by atoms with Crippen LogP contribution in [0.3, 0.4) is 0 Å². The lowest BCUT2D eigenvalue weighted by atomic mass is 9.73. The number of Topliss-reactive ketones (excluding diaryl/α,β-unsaturated/α-hetero) is 1. The molecule has 0 heterocycles. The lowest BCUT2D eigenvalue weighted by Gasteiger charge is -2.31. The highest BCUT2D eigenvalue weighted by molar-refractivity contribution is 5.83. The molecule has 96 valence electrons. The predicted octanol–water partition coefficient (Wildman–Crippen LogP) is 4.52.